The maximum absolute atomic E-state index is 12.5. The van der Waals surface area contributed by atoms with Crippen LogP contribution >= 0.6 is 11.8 Å². The number of benzene rings is 2. The normalized spacial score (nSPS) is 17.1. The van der Waals surface area contributed by atoms with Gasteiger partial charge in [0.15, 0.2) is 0 Å². The van der Waals surface area contributed by atoms with E-state index >= 15 is 0 Å². The van der Waals surface area contributed by atoms with Crippen LogP contribution in [0, 0.1) is 0 Å². The van der Waals surface area contributed by atoms with Crippen LogP contribution in [0.1, 0.15) is 12.0 Å². The molecule has 1 unspecified atom stereocenters. The zero-order valence-corrected chi connectivity index (χ0v) is 19.9. The van der Waals surface area contributed by atoms with E-state index in [0.29, 0.717) is 42.3 Å². The first-order chi connectivity index (χ1) is 17.0. The first kappa shape index (κ1) is 23.0. The highest BCUT2D eigenvalue weighted by molar-refractivity contribution is 8.00. The van der Waals surface area contributed by atoms with Crippen molar-refractivity contribution in [2.24, 2.45) is 0 Å². The number of anilines is 2. The zero-order valence-electron chi connectivity index (χ0n) is 19.1. The average molecular weight is 493 g/mol. The SMILES string of the molecule is COc1cnc2cccc(CCC(=O)NCC3CN(c4ccc5c(c4)NC(=O)CS5)C(=O)O3)c2c1. The Morgan fingerprint density at radius 3 is 3.03 bits per heavy atom. The van der Waals surface area contributed by atoms with E-state index in [0.717, 1.165) is 21.4 Å². The van der Waals surface area contributed by atoms with Gasteiger partial charge in [-0.3, -0.25) is 19.5 Å². The van der Waals surface area contributed by atoms with Gasteiger partial charge in [-0.05, 0) is 42.3 Å². The molecule has 2 aliphatic heterocycles. The molecule has 180 valence electrons. The second-order valence-electron chi connectivity index (χ2n) is 8.30. The fraction of sp³-hybridized carbons (Fsp3) is 0.280. The van der Waals surface area contributed by atoms with Crippen molar-refractivity contribution in [2.75, 3.05) is 36.2 Å². The summed E-state index contributed by atoms with van der Waals surface area (Å²) in [6, 6.07) is 13.2. The van der Waals surface area contributed by atoms with Gasteiger partial charge < -0.3 is 20.1 Å². The molecule has 1 atom stereocenters. The van der Waals surface area contributed by atoms with Crippen LogP contribution in [-0.4, -0.2) is 54.9 Å². The lowest BCUT2D eigenvalue weighted by molar-refractivity contribution is -0.121. The van der Waals surface area contributed by atoms with Crippen molar-refractivity contribution in [3.63, 3.8) is 0 Å². The molecule has 35 heavy (non-hydrogen) atoms. The lowest BCUT2D eigenvalue weighted by Gasteiger charge is -2.20. The van der Waals surface area contributed by atoms with Gasteiger partial charge in [0.05, 0.1) is 43.4 Å². The summed E-state index contributed by atoms with van der Waals surface area (Å²) in [7, 11) is 1.60. The van der Waals surface area contributed by atoms with Crippen LogP contribution < -0.4 is 20.3 Å². The van der Waals surface area contributed by atoms with E-state index in [9.17, 15) is 14.4 Å². The smallest absolute Gasteiger partial charge is 0.414 e. The van der Waals surface area contributed by atoms with Gasteiger partial charge in [0.1, 0.15) is 11.9 Å². The van der Waals surface area contributed by atoms with Crippen molar-refractivity contribution < 1.29 is 23.9 Å². The van der Waals surface area contributed by atoms with Gasteiger partial charge in [-0.2, -0.15) is 0 Å². The third-order valence-corrected chi connectivity index (χ3v) is 7.03. The number of aryl methyl sites for hydroxylation is 1. The molecular formula is C25H24N4O5S. The Morgan fingerprint density at radius 2 is 2.17 bits per heavy atom. The standard InChI is InChI=1S/C25H24N4O5S/c1-33-17-10-19-15(3-2-4-20(19)26-11-17)5-8-23(30)27-12-18-13-29(25(32)34-18)16-6-7-22-21(9-16)28-24(31)14-35-22/h2-4,6-7,9-11,18H,5,8,12-14H2,1H3,(H,27,30)(H,28,31). The molecule has 1 aromatic heterocycles. The number of rotatable bonds is 7. The number of carbonyl (C=O) groups excluding carboxylic acids is 3. The van der Waals surface area contributed by atoms with Gasteiger partial charge in [-0.25, -0.2) is 4.79 Å². The van der Waals surface area contributed by atoms with E-state index in [1.165, 1.54) is 16.7 Å². The van der Waals surface area contributed by atoms with Crippen LogP contribution in [0.3, 0.4) is 0 Å². The molecule has 9 nitrogen and oxygen atoms in total. The van der Waals surface area contributed by atoms with Crippen molar-refractivity contribution in [3.05, 3.63) is 54.2 Å². The van der Waals surface area contributed by atoms with E-state index in [1.807, 2.05) is 36.4 Å². The highest BCUT2D eigenvalue weighted by atomic mass is 32.2. The molecule has 0 radical (unpaired) electrons. The fourth-order valence-corrected chi connectivity index (χ4v) is 4.95. The molecule has 5 rings (SSSR count). The number of amides is 3. The van der Waals surface area contributed by atoms with Gasteiger partial charge >= 0.3 is 6.09 Å². The molecule has 3 aromatic rings. The van der Waals surface area contributed by atoms with Crippen LogP contribution in [0.5, 0.6) is 5.75 Å². The lowest BCUT2D eigenvalue weighted by atomic mass is 10.0. The van der Waals surface area contributed by atoms with E-state index < -0.39 is 12.2 Å². The number of aromatic nitrogens is 1. The summed E-state index contributed by atoms with van der Waals surface area (Å²) in [4.78, 5) is 43.5. The number of fused-ring (bicyclic) bond motifs is 2. The Labute approximate surface area is 206 Å². The molecular weight excluding hydrogens is 468 g/mol. The van der Waals surface area contributed by atoms with Crippen LogP contribution in [0.25, 0.3) is 10.9 Å². The number of nitrogens with zero attached hydrogens (tertiary/aromatic N) is 2. The van der Waals surface area contributed by atoms with Crippen molar-refractivity contribution in [3.8, 4) is 5.75 Å². The molecule has 3 amide bonds. The van der Waals surface area contributed by atoms with Gasteiger partial charge in [0.25, 0.3) is 0 Å². The Hall–Kier alpha value is -3.79. The van der Waals surface area contributed by atoms with E-state index in [4.69, 9.17) is 9.47 Å². The largest absolute Gasteiger partial charge is 0.495 e. The Morgan fingerprint density at radius 1 is 1.29 bits per heavy atom. The van der Waals surface area contributed by atoms with Crippen LogP contribution in [0.2, 0.25) is 0 Å². The maximum atomic E-state index is 12.5. The van der Waals surface area contributed by atoms with E-state index in [1.54, 1.807) is 19.4 Å². The summed E-state index contributed by atoms with van der Waals surface area (Å²) in [5.74, 6) is 0.858. The molecule has 0 bridgehead atoms. The molecule has 3 heterocycles. The number of nitrogens with one attached hydrogen (secondary N) is 2. The first-order valence-corrected chi connectivity index (χ1v) is 12.2. The fourth-order valence-electron chi connectivity index (χ4n) is 4.16. The molecule has 1 fully saturated rings. The molecule has 2 aromatic carbocycles. The highest BCUT2D eigenvalue weighted by Gasteiger charge is 2.33. The van der Waals surface area contributed by atoms with Crippen LogP contribution in [-0.2, 0) is 20.7 Å². The monoisotopic (exact) mass is 492 g/mol. The second kappa shape index (κ2) is 9.83. The average Bonchev–Trinajstić information content (AvgIpc) is 3.25. The molecule has 0 spiro atoms. The Kier molecular flexibility index (Phi) is 6.45. The summed E-state index contributed by atoms with van der Waals surface area (Å²) in [5.41, 5.74) is 3.20. The predicted molar refractivity (Wildman–Crippen MR) is 133 cm³/mol. The first-order valence-electron chi connectivity index (χ1n) is 11.2. The summed E-state index contributed by atoms with van der Waals surface area (Å²) in [6.45, 7) is 0.539. The van der Waals surface area contributed by atoms with Crippen LogP contribution in [0.15, 0.2) is 53.6 Å². The van der Waals surface area contributed by atoms with Gasteiger partial charge in [-0.15, -0.1) is 11.8 Å². The van der Waals surface area contributed by atoms with Gasteiger partial charge in [0, 0.05) is 22.4 Å². The van der Waals surface area contributed by atoms with Gasteiger partial charge in [-0.1, -0.05) is 12.1 Å². The minimum absolute atomic E-state index is 0.0665. The summed E-state index contributed by atoms with van der Waals surface area (Å²) >= 11 is 1.46. The number of thioether (sulfide) groups is 1. The molecule has 0 aliphatic carbocycles. The highest BCUT2D eigenvalue weighted by Crippen LogP contribution is 2.35. The minimum atomic E-state index is -0.476. The molecule has 0 saturated carbocycles. The van der Waals surface area contributed by atoms with E-state index in [2.05, 4.69) is 15.6 Å². The summed E-state index contributed by atoms with van der Waals surface area (Å²) < 4.78 is 10.7. The minimum Gasteiger partial charge on any atom is -0.495 e. The third kappa shape index (κ3) is 5.02. The number of hydrogen-bond donors (Lipinski definition) is 2. The number of cyclic esters (lactones) is 1. The summed E-state index contributed by atoms with van der Waals surface area (Å²) in [5, 5.41) is 6.66. The van der Waals surface area contributed by atoms with Crippen molar-refractivity contribution in [2.45, 2.75) is 23.8 Å². The number of carbonyl (C=O) groups is 3. The number of methoxy groups -OCH3 is 1. The predicted octanol–water partition coefficient (Wildman–Crippen LogP) is 3.36. The molecule has 2 N–H and O–H groups in total. The Bertz CT molecular complexity index is 1310. The number of ether oxygens (including phenoxy) is 2. The number of hydrogen-bond acceptors (Lipinski definition) is 7. The second-order valence-corrected chi connectivity index (χ2v) is 9.31. The Balaban J connectivity index is 1.16. The third-order valence-electron chi connectivity index (χ3n) is 5.96. The van der Waals surface area contributed by atoms with Crippen molar-refractivity contribution >= 4 is 51.9 Å². The number of pyridine rings is 1. The topological polar surface area (TPSA) is 110 Å². The lowest BCUT2D eigenvalue weighted by Crippen LogP contribution is -2.34. The van der Waals surface area contributed by atoms with Crippen molar-refractivity contribution in [1.82, 2.24) is 10.3 Å². The molecule has 1 saturated heterocycles. The molecule has 2 aliphatic rings. The summed E-state index contributed by atoms with van der Waals surface area (Å²) in [6.07, 6.45) is 1.58. The van der Waals surface area contributed by atoms with Gasteiger partial charge in [0.2, 0.25) is 11.8 Å². The zero-order chi connectivity index (χ0) is 24.4. The van der Waals surface area contributed by atoms with E-state index in [-0.39, 0.29) is 18.4 Å². The van der Waals surface area contributed by atoms with Crippen LogP contribution in [0.4, 0.5) is 16.2 Å². The quantitative estimate of drug-likeness (QED) is 0.520. The van der Waals surface area contributed by atoms with Crippen molar-refractivity contribution in [1.29, 1.82) is 0 Å². The maximum Gasteiger partial charge on any atom is 0.414 e. The molecule has 10 heteroatoms.